The van der Waals surface area contributed by atoms with Gasteiger partial charge in [-0.05, 0) is 247 Å². The Kier molecular flexibility index (Phi) is 19.9. The van der Waals surface area contributed by atoms with Crippen molar-refractivity contribution >= 4 is 112 Å². The molecule has 2 aromatic heterocycles. The molecule has 2 heterocycles. The molecule has 0 aliphatic rings. The van der Waals surface area contributed by atoms with Crippen LogP contribution < -0.4 is 19.6 Å². The molecule has 0 fully saturated rings. The van der Waals surface area contributed by atoms with E-state index in [2.05, 4.69) is 493 Å². The maximum atomic E-state index is 6.58. The van der Waals surface area contributed by atoms with E-state index in [4.69, 9.17) is 8.83 Å². The second-order valence-corrected chi connectivity index (χ2v) is 31.9. The Morgan fingerprint density at radius 2 is 0.270 bits per heavy atom. The average Bonchev–Trinajstić information content (AvgIpc) is 1.57. The van der Waals surface area contributed by atoms with Crippen molar-refractivity contribution in [1.29, 1.82) is 0 Å². The minimum atomic E-state index is 0.880. The maximum Gasteiger partial charge on any atom is 0.143 e. The molecular formula is C120H82N4O2. The van der Waals surface area contributed by atoms with E-state index in [-0.39, 0.29) is 0 Å². The maximum absolute atomic E-state index is 6.58. The predicted molar refractivity (Wildman–Crippen MR) is 529 cm³/mol. The number of nitrogens with zero attached hydrogens (tertiary/aromatic N) is 4. The van der Waals surface area contributed by atoms with Gasteiger partial charge in [-0.2, -0.15) is 0 Å². The molecule has 22 aromatic rings. The van der Waals surface area contributed by atoms with Gasteiger partial charge in [-0.3, -0.25) is 0 Å². The van der Waals surface area contributed by atoms with E-state index in [9.17, 15) is 0 Å². The number of benzene rings is 20. The molecule has 0 amide bonds. The molecule has 22 rings (SSSR count). The zero-order chi connectivity index (χ0) is 83.6. The molecule has 0 atom stereocenters. The van der Waals surface area contributed by atoms with Crippen LogP contribution in [0.25, 0.3) is 144 Å². The molecule has 0 saturated heterocycles. The topological polar surface area (TPSA) is 39.2 Å². The molecule has 20 aromatic carbocycles. The average molecular weight is 1610 g/mol. The lowest BCUT2D eigenvalue weighted by Crippen LogP contribution is -2.10. The number of rotatable bonds is 21. The summed E-state index contributed by atoms with van der Waals surface area (Å²) in [6.07, 6.45) is 0. The molecule has 594 valence electrons. The van der Waals surface area contributed by atoms with Gasteiger partial charge in [-0.25, -0.2) is 0 Å². The standard InChI is InChI=1S/C120H82N4O2/c1-5-19-83(20-6-1)85-35-39-87(40-36-85)89-43-63-101(64-44-89)121(99-23-9-3-10-24-99)102-65-47-91(48-66-102)93-51-71-105(72-52-93)123(104-69-45-90(46-70-104)88-41-37-86(38-42-88)84-21-7-2-8-22-84)106-73-53-95(54-74-106)96-57-77-108(78-58-96)124(110-81-61-98(62-82-110)112-30-18-32-116-114-28-14-16-34-118(114)126-120(112)116)107-75-55-94(56-76-107)92-49-67-103(68-50-92)122(100-25-11-4-12-26-100)109-79-59-97(60-80-109)111-29-17-31-115-113-27-13-15-33-117(113)125-119(111)115/h1-82H. The summed E-state index contributed by atoms with van der Waals surface area (Å²) in [5, 5.41) is 4.46. The van der Waals surface area contributed by atoms with Crippen LogP contribution in [-0.4, -0.2) is 0 Å². The predicted octanol–water partition coefficient (Wildman–Crippen LogP) is 34.4. The van der Waals surface area contributed by atoms with Crippen molar-refractivity contribution in [3.05, 3.63) is 497 Å². The van der Waals surface area contributed by atoms with E-state index in [1.54, 1.807) is 0 Å². The molecule has 0 spiro atoms. The molecule has 0 bridgehead atoms. The smallest absolute Gasteiger partial charge is 0.143 e. The Hall–Kier alpha value is -16.8. The van der Waals surface area contributed by atoms with Gasteiger partial charge in [-0.15, -0.1) is 0 Å². The van der Waals surface area contributed by atoms with E-state index >= 15 is 0 Å². The van der Waals surface area contributed by atoms with E-state index in [1.165, 1.54) is 33.4 Å². The Labute approximate surface area is 733 Å². The third-order valence-corrected chi connectivity index (χ3v) is 24.4. The third-order valence-electron chi connectivity index (χ3n) is 24.4. The van der Waals surface area contributed by atoms with Gasteiger partial charge in [0.2, 0.25) is 0 Å². The Morgan fingerprint density at radius 3 is 0.492 bits per heavy atom. The van der Waals surface area contributed by atoms with Crippen molar-refractivity contribution in [2.75, 3.05) is 19.6 Å². The van der Waals surface area contributed by atoms with Gasteiger partial charge >= 0.3 is 0 Å². The van der Waals surface area contributed by atoms with Gasteiger partial charge in [0.05, 0.1) is 0 Å². The SMILES string of the molecule is c1ccc(-c2ccc(-c3ccc(N(c4ccccc4)c4ccc(-c5ccc(N(c6ccc(-c7ccc(-c8ccccc8)cc7)cc6)c6ccc(-c7ccc(N(c8ccc(-c9ccc(N(c%10ccccc%10)c%10ccc(-c%11cccc%12c%11oc%11ccccc%11%12)cc%10)cc9)cc8)c8ccc(-c9cccc%10c9oc9ccccc9%10)cc8)cc7)cc6)cc5)cc4)cc3)cc2)cc1. The number of hydrogen-bond donors (Lipinski definition) is 0. The van der Waals surface area contributed by atoms with Crippen molar-refractivity contribution in [3.8, 4) is 100 Å². The van der Waals surface area contributed by atoms with E-state index in [1.807, 2.05) is 24.3 Å². The number of para-hydroxylation sites is 6. The van der Waals surface area contributed by atoms with Crippen LogP contribution in [0.15, 0.2) is 506 Å². The van der Waals surface area contributed by atoms with Crippen LogP contribution in [0.2, 0.25) is 0 Å². The van der Waals surface area contributed by atoms with Gasteiger partial charge < -0.3 is 28.4 Å². The summed E-state index contributed by atoms with van der Waals surface area (Å²) in [5.41, 5.74) is 36.6. The van der Waals surface area contributed by atoms with Crippen molar-refractivity contribution in [2.24, 2.45) is 0 Å². The molecule has 0 aliphatic heterocycles. The molecule has 126 heavy (non-hydrogen) atoms. The quantitative estimate of drug-likeness (QED) is 0.0714. The van der Waals surface area contributed by atoms with Gasteiger partial charge in [0.1, 0.15) is 22.3 Å². The minimum Gasteiger partial charge on any atom is -0.455 e. The normalized spacial score (nSPS) is 11.3. The van der Waals surface area contributed by atoms with E-state index in [0.29, 0.717) is 0 Å². The molecule has 0 radical (unpaired) electrons. The second kappa shape index (κ2) is 33.3. The van der Waals surface area contributed by atoms with Crippen LogP contribution >= 0.6 is 0 Å². The zero-order valence-electron chi connectivity index (χ0n) is 68.9. The summed E-state index contributed by atoms with van der Waals surface area (Å²) < 4.78 is 13.1. The fraction of sp³-hybridized carbons (Fsp3) is 0. The van der Waals surface area contributed by atoms with Gasteiger partial charge in [-0.1, -0.05) is 340 Å². The lowest BCUT2D eigenvalue weighted by Gasteiger charge is -2.27. The summed E-state index contributed by atoms with van der Waals surface area (Å²) in [5.74, 6) is 0. The largest absolute Gasteiger partial charge is 0.455 e. The Balaban J connectivity index is 0.555. The van der Waals surface area contributed by atoms with Crippen molar-refractivity contribution < 1.29 is 8.83 Å². The first kappa shape index (κ1) is 75.4. The molecular weight excluding hydrogens is 1530 g/mol. The number of anilines is 12. The van der Waals surface area contributed by atoms with Gasteiger partial charge in [0, 0.05) is 101 Å². The second-order valence-electron chi connectivity index (χ2n) is 31.9. The lowest BCUT2D eigenvalue weighted by atomic mass is 9.99. The fourth-order valence-electron chi connectivity index (χ4n) is 17.9. The highest BCUT2D eigenvalue weighted by Crippen LogP contribution is 2.46. The fourth-order valence-corrected chi connectivity index (χ4v) is 17.9. The van der Waals surface area contributed by atoms with Crippen molar-refractivity contribution in [3.63, 3.8) is 0 Å². The number of furan rings is 2. The summed E-state index contributed by atoms with van der Waals surface area (Å²) in [4.78, 5) is 9.35. The third kappa shape index (κ3) is 14.9. The van der Waals surface area contributed by atoms with Crippen LogP contribution in [0.1, 0.15) is 0 Å². The van der Waals surface area contributed by atoms with E-state index in [0.717, 1.165) is 179 Å². The Bertz CT molecular complexity index is 7560. The zero-order valence-corrected chi connectivity index (χ0v) is 68.9. The van der Waals surface area contributed by atoms with Gasteiger partial charge in [0.15, 0.2) is 0 Å². The first-order valence-electron chi connectivity index (χ1n) is 42.9. The number of hydrogen-bond acceptors (Lipinski definition) is 6. The number of fused-ring (bicyclic) bond motifs is 6. The highest BCUT2D eigenvalue weighted by Gasteiger charge is 2.22. The molecule has 0 unspecified atom stereocenters. The summed E-state index contributed by atoms with van der Waals surface area (Å²) in [6, 6.07) is 179. The summed E-state index contributed by atoms with van der Waals surface area (Å²) >= 11 is 0. The molecule has 0 aliphatic carbocycles. The van der Waals surface area contributed by atoms with Crippen LogP contribution in [0.5, 0.6) is 0 Å². The minimum absolute atomic E-state index is 0.880. The lowest BCUT2D eigenvalue weighted by molar-refractivity contribution is 0.669. The van der Waals surface area contributed by atoms with Crippen LogP contribution in [0.3, 0.4) is 0 Å². The Morgan fingerprint density at radius 1 is 0.111 bits per heavy atom. The van der Waals surface area contributed by atoms with E-state index < -0.39 is 0 Å². The molecule has 6 heteroatoms. The van der Waals surface area contributed by atoms with Crippen LogP contribution in [0, 0.1) is 0 Å². The summed E-state index contributed by atoms with van der Waals surface area (Å²) in [7, 11) is 0. The molecule has 6 nitrogen and oxygen atoms in total. The van der Waals surface area contributed by atoms with Crippen LogP contribution in [-0.2, 0) is 0 Å². The summed E-state index contributed by atoms with van der Waals surface area (Å²) in [6.45, 7) is 0. The first-order valence-corrected chi connectivity index (χ1v) is 42.9. The van der Waals surface area contributed by atoms with Gasteiger partial charge in [0.25, 0.3) is 0 Å². The first-order chi connectivity index (χ1) is 62.4. The highest BCUT2D eigenvalue weighted by molar-refractivity contribution is 6.11. The highest BCUT2D eigenvalue weighted by atomic mass is 16.3. The van der Waals surface area contributed by atoms with Crippen molar-refractivity contribution in [1.82, 2.24) is 0 Å². The monoisotopic (exact) mass is 1610 g/mol. The molecule has 0 N–H and O–H groups in total. The molecule has 0 saturated carbocycles. The van der Waals surface area contributed by atoms with Crippen molar-refractivity contribution in [2.45, 2.75) is 0 Å². The van der Waals surface area contributed by atoms with Crippen LogP contribution in [0.4, 0.5) is 68.2 Å².